The number of phenols is 1. The summed E-state index contributed by atoms with van der Waals surface area (Å²) in [5.74, 6) is 0.149. The molecule has 1 aromatic heterocycles. The van der Waals surface area contributed by atoms with Crippen molar-refractivity contribution in [2.24, 2.45) is 0 Å². The summed E-state index contributed by atoms with van der Waals surface area (Å²) in [7, 11) is 1.71. The summed E-state index contributed by atoms with van der Waals surface area (Å²) in [6, 6.07) is 14.5. The van der Waals surface area contributed by atoms with Crippen LogP contribution in [0.1, 0.15) is 5.01 Å². The van der Waals surface area contributed by atoms with Crippen LogP contribution in [-0.2, 0) is 11.3 Å². The normalized spacial score (nSPS) is 10.7. The lowest BCUT2D eigenvalue weighted by molar-refractivity contribution is -0.132. The summed E-state index contributed by atoms with van der Waals surface area (Å²) in [6.07, 6.45) is 0. The number of carbonyl (C=O) groups excluding carboxylic acids is 1. The Kier molecular flexibility index (Phi) is 4.43. The van der Waals surface area contributed by atoms with Crippen molar-refractivity contribution in [3.8, 4) is 11.5 Å². The van der Waals surface area contributed by atoms with Gasteiger partial charge in [0.15, 0.2) is 18.1 Å². The Labute approximate surface area is 137 Å². The summed E-state index contributed by atoms with van der Waals surface area (Å²) in [4.78, 5) is 18.2. The number of aromatic nitrogens is 1. The van der Waals surface area contributed by atoms with Crippen LogP contribution in [0.2, 0.25) is 0 Å². The van der Waals surface area contributed by atoms with E-state index in [4.69, 9.17) is 4.74 Å². The molecule has 1 heterocycles. The topological polar surface area (TPSA) is 62.7 Å². The maximum absolute atomic E-state index is 12.1. The van der Waals surface area contributed by atoms with E-state index in [0.717, 1.165) is 15.2 Å². The van der Waals surface area contributed by atoms with Gasteiger partial charge in [-0.25, -0.2) is 4.98 Å². The lowest BCUT2D eigenvalue weighted by Crippen LogP contribution is -2.30. The van der Waals surface area contributed by atoms with Crippen LogP contribution >= 0.6 is 11.3 Å². The average molecular weight is 328 g/mol. The monoisotopic (exact) mass is 328 g/mol. The van der Waals surface area contributed by atoms with Gasteiger partial charge in [-0.2, -0.15) is 0 Å². The van der Waals surface area contributed by atoms with Crippen LogP contribution in [0.4, 0.5) is 0 Å². The van der Waals surface area contributed by atoms with Crippen molar-refractivity contribution < 1.29 is 14.6 Å². The predicted octanol–water partition coefficient (Wildman–Crippen LogP) is 3.04. The van der Waals surface area contributed by atoms with Crippen molar-refractivity contribution in [2.45, 2.75) is 6.54 Å². The van der Waals surface area contributed by atoms with Crippen LogP contribution < -0.4 is 4.74 Å². The molecular weight excluding hydrogens is 312 g/mol. The number of hydrogen-bond donors (Lipinski definition) is 1. The largest absolute Gasteiger partial charge is 0.504 e. The number of amides is 1. The molecule has 0 saturated carbocycles. The van der Waals surface area contributed by atoms with Crippen LogP contribution in [0.5, 0.6) is 11.5 Å². The zero-order valence-corrected chi connectivity index (χ0v) is 13.4. The molecule has 0 saturated heterocycles. The Morgan fingerprint density at radius 2 is 1.96 bits per heavy atom. The first-order chi connectivity index (χ1) is 11.1. The molecule has 0 aliphatic rings. The van der Waals surface area contributed by atoms with Gasteiger partial charge < -0.3 is 14.7 Å². The fourth-order valence-corrected chi connectivity index (χ4v) is 3.13. The highest BCUT2D eigenvalue weighted by Gasteiger charge is 2.13. The Balaban J connectivity index is 1.60. The van der Waals surface area contributed by atoms with Crippen LogP contribution in [-0.4, -0.2) is 34.6 Å². The zero-order chi connectivity index (χ0) is 16.2. The third-order valence-electron chi connectivity index (χ3n) is 3.35. The van der Waals surface area contributed by atoms with E-state index in [1.54, 1.807) is 41.5 Å². The van der Waals surface area contributed by atoms with Crippen molar-refractivity contribution in [2.75, 3.05) is 13.7 Å². The summed E-state index contributed by atoms with van der Waals surface area (Å²) in [5, 5.41) is 10.5. The molecule has 2 aromatic carbocycles. The molecule has 1 N–H and O–H groups in total. The second kappa shape index (κ2) is 6.66. The van der Waals surface area contributed by atoms with E-state index in [1.807, 2.05) is 24.3 Å². The van der Waals surface area contributed by atoms with E-state index in [-0.39, 0.29) is 18.3 Å². The molecule has 0 fully saturated rings. The van der Waals surface area contributed by atoms with Crippen molar-refractivity contribution in [1.82, 2.24) is 9.88 Å². The first kappa shape index (κ1) is 15.3. The predicted molar refractivity (Wildman–Crippen MR) is 89.7 cm³/mol. The van der Waals surface area contributed by atoms with Gasteiger partial charge in [0.05, 0.1) is 16.8 Å². The number of benzene rings is 2. The standard InChI is InChI=1S/C17H16N2O3S/c1-19(10-16-18-12-6-2-5-9-15(12)23-16)17(21)11-22-14-8-4-3-7-13(14)20/h2-9,20H,10-11H2,1H3. The Morgan fingerprint density at radius 1 is 1.22 bits per heavy atom. The fraction of sp³-hybridized carbons (Fsp3) is 0.176. The van der Waals surface area contributed by atoms with E-state index < -0.39 is 0 Å². The average Bonchev–Trinajstić information content (AvgIpc) is 2.96. The SMILES string of the molecule is CN(Cc1nc2ccccc2s1)C(=O)COc1ccccc1O. The molecule has 0 atom stereocenters. The van der Waals surface area contributed by atoms with Gasteiger partial charge in [-0.15, -0.1) is 11.3 Å². The smallest absolute Gasteiger partial charge is 0.260 e. The van der Waals surface area contributed by atoms with E-state index in [2.05, 4.69) is 4.98 Å². The molecule has 0 unspecified atom stereocenters. The molecular formula is C17H16N2O3S. The minimum Gasteiger partial charge on any atom is -0.504 e. The second-order valence-corrected chi connectivity index (χ2v) is 6.20. The maximum Gasteiger partial charge on any atom is 0.260 e. The van der Waals surface area contributed by atoms with Crippen molar-refractivity contribution in [3.05, 3.63) is 53.5 Å². The van der Waals surface area contributed by atoms with Crippen LogP contribution in [0.25, 0.3) is 10.2 Å². The van der Waals surface area contributed by atoms with Gasteiger partial charge in [0.1, 0.15) is 5.01 Å². The van der Waals surface area contributed by atoms with Crippen molar-refractivity contribution in [3.63, 3.8) is 0 Å². The number of carbonyl (C=O) groups is 1. The van der Waals surface area contributed by atoms with Gasteiger partial charge in [0, 0.05) is 7.05 Å². The first-order valence-electron chi connectivity index (χ1n) is 7.12. The minimum atomic E-state index is -0.174. The highest BCUT2D eigenvalue weighted by Crippen LogP contribution is 2.25. The molecule has 0 aliphatic heterocycles. The molecule has 5 nitrogen and oxygen atoms in total. The molecule has 0 spiro atoms. The van der Waals surface area contributed by atoms with Gasteiger partial charge in [0.2, 0.25) is 0 Å². The number of aromatic hydroxyl groups is 1. The number of rotatable bonds is 5. The number of likely N-dealkylation sites (N-methyl/N-ethyl adjacent to an activating group) is 1. The third kappa shape index (κ3) is 3.60. The second-order valence-electron chi connectivity index (χ2n) is 5.08. The summed E-state index contributed by atoms with van der Waals surface area (Å²) in [5.41, 5.74) is 0.943. The highest BCUT2D eigenvalue weighted by molar-refractivity contribution is 7.18. The van der Waals surface area contributed by atoms with E-state index in [9.17, 15) is 9.90 Å². The third-order valence-corrected chi connectivity index (χ3v) is 4.37. The molecule has 0 radical (unpaired) electrons. The van der Waals surface area contributed by atoms with Gasteiger partial charge in [-0.05, 0) is 24.3 Å². The summed E-state index contributed by atoms with van der Waals surface area (Å²) < 4.78 is 6.46. The number of fused-ring (bicyclic) bond motifs is 1. The summed E-state index contributed by atoms with van der Waals surface area (Å²) >= 11 is 1.57. The van der Waals surface area contributed by atoms with Gasteiger partial charge >= 0.3 is 0 Å². The fourth-order valence-electron chi connectivity index (χ4n) is 2.11. The van der Waals surface area contributed by atoms with Crippen LogP contribution in [0.3, 0.4) is 0 Å². The number of nitrogens with zero attached hydrogens (tertiary/aromatic N) is 2. The van der Waals surface area contributed by atoms with E-state index in [0.29, 0.717) is 12.3 Å². The Hall–Kier alpha value is -2.60. The van der Waals surface area contributed by atoms with Crippen molar-refractivity contribution in [1.29, 1.82) is 0 Å². The quantitative estimate of drug-likeness (QED) is 0.782. The van der Waals surface area contributed by atoms with Gasteiger partial charge in [-0.3, -0.25) is 4.79 Å². The zero-order valence-electron chi connectivity index (χ0n) is 12.6. The van der Waals surface area contributed by atoms with E-state index in [1.165, 1.54) is 6.07 Å². The lowest BCUT2D eigenvalue weighted by Gasteiger charge is -2.16. The number of ether oxygens (including phenoxy) is 1. The number of para-hydroxylation sites is 3. The molecule has 3 rings (SSSR count). The van der Waals surface area contributed by atoms with E-state index >= 15 is 0 Å². The Morgan fingerprint density at radius 3 is 2.74 bits per heavy atom. The molecule has 118 valence electrons. The van der Waals surface area contributed by atoms with Crippen LogP contribution in [0.15, 0.2) is 48.5 Å². The molecule has 0 aliphatic carbocycles. The first-order valence-corrected chi connectivity index (χ1v) is 7.94. The molecule has 23 heavy (non-hydrogen) atoms. The lowest BCUT2D eigenvalue weighted by atomic mass is 10.3. The number of thiazole rings is 1. The number of hydrogen-bond acceptors (Lipinski definition) is 5. The molecule has 3 aromatic rings. The summed E-state index contributed by atoms with van der Waals surface area (Å²) in [6.45, 7) is 0.307. The highest BCUT2D eigenvalue weighted by atomic mass is 32.1. The van der Waals surface area contributed by atoms with Gasteiger partial charge in [0.25, 0.3) is 5.91 Å². The number of phenolic OH excluding ortho intramolecular Hbond substituents is 1. The molecule has 1 amide bonds. The molecule has 6 heteroatoms. The van der Waals surface area contributed by atoms with Crippen molar-refractivity contribution >= 4 is 27.5 Å². The maximum atomic E-state index is 12.1. The Bertz CT molecular complexity index is 798. The van der Waals surface area contributed by atoms with Gasteiger partial charge in [-0.1, -0.05) is 24.3 Å². The van der Waals surface area contributed by atoms with Crippen LogP contribution in [0, 0.1) is 0 Å². The molecule has 0 bridgehead atoms. The minimum absolute atomic E-state index is 0.0223.